The Labute approximate surface area is 131 Å². The number of hydrogen-bond donors (Lipinski definition) is 1. The van der Waals surface area contributed by atoms with E-state index in [0.29, 0.717) is 0 Å². The van der Waals surface area contributed by atoms with Crippen LogP contribution in [-0.4, -0.2) is 12.6 Å². The Hall–Kier alpha value is -0.0400. The van der Waals surface area contributed by atoms with E-state index < -0.39 is 0 Å². The van der Waals surface area contributed by atoms with Gasteiger partial charge in [0.1, 0.15) is 0 Å². The van der Waals surface area contributed by atoms with Gasteiger partial charge in [-0.05, 0) is 92.9 Å². The molecule has 1 heteroatoms. The average Bonchev–Trinajstić information content (AvgIpc) is 2.45. The standard InChI is InChI=1S/C20H35N/c1-3-21-20(16-6-4-5-13(2)7-16)19-17-9-14-8-15(11-17)12-18(19)10-14/h13-21H,3-12H2,1-2H3. The smallest absolute Gasteiger partial charge is 0.0129 e. The zero-order valence-electron chi connectivity index (χ0n) is 14.2. The molecule has 0 aliphatic heterocycles. The lowest BCUT2D eigenvalue weighted by molar-refractivity contribution is -0.0641. The van der Waals surface area contributed by atoms with E-state index in [9.17, 15) is 0 Å². The van der Waals surface area contributed by atoms with E-state index in [4.69, 9.17) is 0 Å². The molecule has 1 N–H and O–H groups in total. The van der Waals surface area contributed by atoms with E-state index in [1.165, 1.54) is 32.2 Å². The van der Waals surface area contributed by atoms with Crippen LogP contribution >= 0.6 is 0 Å². The summed E-state index contributed by atoms with van der Waals surface area (Å²) in [7, 11) is 0. The van der Waals surface area contributed by atoms with Crippen LogP contribution in [0.5, 0.6) is 0 Å². The second kappa shape index (κ2) is 5.87. The molecule has 1 nitrogen and oxygen atoms in total. The van der Waals surface area contributed by atoms with E-state index in [1.807, 2.05) is 0 Å². The number of nitrogens with one attached hydrogen (secondary N) is 1. The van der Waals surface area contributed by atoms with Crippen molar-refractivity contribution < 1.29 is 0 Å². The highest BCUT2D eigenvalue weighted by Gasteiger charge is 2.51. The maximum absolute atomic E-state index is 4.00. The van der Waals surface area contributed by atoms with E-state index in [-0.39, 0.29) is 0 Å². The van der Waals surface area contributed by atoms with Gasteiger partial charge in [-0.1, -0.05) is 26.7 Å². The van der Waals surface area contributed by atoms with Crippen molar-refractivity contribution >= 4 is 0 Å². The third-order valence-electron chi connectivity index (χ3n) is 7.64. The molecule has 3 unspecified atom stereocenters. The van der Waals surface area contributed by atoms with Gasteiger partial charge in [-0.25, -0.2) is 0 Å². The molecule has 5 aliphatic rings. The van der Waals surface area contributed by atoms with Crippen LogP contribution in [-0.2, 0) is 0 Å². The summed E-state index contributed by atoms with van der Waals surface area (Å²) in [5, 5.41) is 4.00. The van der Waals surface area contributed by atoms with Crippen LogP contribution in [0.1, 0.15) is 71.6 Å². The second-order valence-electron chi connectivity index (χ2n) is 9.12. The van der Waals surface area contributed by atoms with Crippen LogP contribution in [0, 0.1) is 41.4 Å². The molecule has 0 aromatic rings. The summed E-state index contributed by atoms with van der Waals surface area (Å²) < 4.78 is 0. The van der Waals surface area contributed by atoms with Crippen molar-refractivity contribution in [3.05, 3.63) is 0 Å². The molecule has 5 aliphatic carbocycles. The van der Waals surface area contributed by atoms with Crippen molar-refractivity contribution in [2.24, 2.45) is 41.4 Å². The molecule has 21 heavy (non-hydrogen) atoms. The summed E-state index contributed by atoms with van der Waals surface area (Å²) in [5.74, 6) is 7.41. The fraction of sp³-hybridized carbons (Fsp3) is 1.00. The Bertz CT molecular complexity index is 335. The van der Waals surface area contributed by atoms with Gasteiger partial charge in [-0.15, -0.1) is 0 Å². The summed E-state index contributed by atoms with van der Waals surface area (Å²) in [4.78, 5) is 0. The van der Waals surface area contributed by atoms with Gasteiger partial charge in [0.2, 0.25) is 0 Å². The van der Waals surface area contributed by atoms with Crippen LogP contribution in [0.25, 0.3) is 0 Å². The molecule has 3 atom stereocenters. The second-order valence-corrected chi connectivity index (χ2v) is 9.12. The average molecular weight is 290 g/mol. The van der Waals surface area contributed by atoms with E-state index in [1.54, 1.807) is 32.1 Å². The molecule has 5 rings (SSSR count). The minimum atomic E-state index is 0.854. The molecule has 0 amide bonds. The maximum Gasteiger partial charge on any atom is 0.0129 e. The fourth-order valence-corrected chi connectivity index (χ4v) is 7.21. The highest BCUT2D eigenvalue weighted by molar-refractivity contribution is 5.03. The van der Waals surface area contributed by atoms with Gasteiger partial charge in [-0.3, -0.25) is 0 Å². The lowest BCUT2D eigenvalue weighted by Crippen LogP contribution is -2.55. The van der Waals surface area contributed by atoms with Gasteiger partial charge in [0.15, 0.2) is 0 Å². The normalized spacial score (nSPS) is 50.3. The molecule has 0 saturated heterocycles. The first-order chi connectivity index (χ1) is 10.2. The van der Waals surface area contributed by atoms with Crippen molar-refractivity contribution in [2.75, 3.05) is 6.54 Å². The Kier molecular flexibility index (Phi) is 4.07. The Morgan fingerprint density at radius 1 is 0.905 bits per heavy atom. The molecule has 5 fully saturated rings. The monoisotopic (exact) mass is 289 g/mol. The van der Waals surface area contributed by atoms with Crippen molar-refractivity contribution in [3.63, 3.8) is 0 Å². The van der Waals surface area contributed by atoms with Crippen LogP contribution in [0.4, 0.5) is 0 Å². The van der Waals surface area contributed by atoms with Gasteiger partial charge in [0.25, 0.3) is 0 Å². The van der Waals surface area contributed by atoms with Gasteiger partial charge in [-0.2, -0.15) is 0 Å². The molecule has 4 bridgehead atoms. The van der Waals surface area contributed by atoms with Crippen LogP contribution < -0.4 is 5.32 Å². The molecular formula is C20H35N. The van der Waals surface area contributed by atoms with Crippen molar-refractivity contribution in [1.82, 2.24) is 5.32 Å². The summed E-state index contributed by atoms with van der Waals surface area (Å²) >= 11 is 0. The van der Waals surface area contributed by atoms with E-state index >= 15 is 0 Å². The Balaban J connectivity index is 1.53. The first kappa shape index (κ1) is 14.5. The van der Waals surface area contributed by atoms with Crippen LogP contribution in [0.2, 0.25) is 0 Å². The van der Waals surface area contributed by atoms with Crippen LogP contribution in [0.3, 0.4) is 0 Å². The van der Waals surface area contributed by atoms with Crippen LogP contribution in [0.15, 0.2) is 0 Å². The predicted octanol–water partition coefficient (Wildman–Crippen LogP) is 4.86. The minimum absolute atomic E-state index is 0.854. The Morgan fingerprint density at radius 2 is 1.57 bits per heavy atom. The van der Waals surface area contributed by atoms with Crippen molar-refractivity contribution in [1.29, 1.82) is 0 Å². The lowest BCUT2D eigenvalue weighted by atomic mass is 9.49. The van der Waals surface area contributed by atoms with Gasteiger partial charge in [0, 0.05) is 6.04 Å². The van der Waals surface area contributed by atoms with Crippen molar-refractivity contribution in [2.45, 2.75) is 77.7 Å². The number of hydrogen-bond acceptors (Lipinski definition) is 1. The van der Waals surface area contributed by atoms with Gasteiger partial charge < -0.3 is 5.32 Å². The maximum atomic E-state index is 4.00. The molecule has 0 aromatic carbocycles. The summed E-state index contributed by atoms with van der Waals surface area (Å²) in [6.45, 7) is 6.00. The van der Waals surface area contributed by atoms with E-state index in [2.05, 4.69) is 19.2 Å². The van der Waals surface area contributed by atoms with E-state index in [0.717, 1.165) is 47.5 Å². The molecule has 0 heterocycles. The van der Waals surface area contributed by atoms with Gasteiger partial charge >= 0.3 is 0 Å². The third-order valence-corrected chi connectivity index (χ3v) is 7.64. The fourth-order valence-electron chi connectivity index (χ4n) is 7.21. The molecular weight excluding hydrogens is 254 g/mol. The topological polar surface area (TPSA) is 12.0 Å². The minimum Gasteiger partial charge on any atom is -0.314 e. The largest absolute Gasteiger partial charge is 0.314 e. The highest BCUT2D eigenvalue weighted by Crippen LogP contribution is 2.58. The molecule has 5 saturated carbocycles. The SMILES string of the molecule is CCNC(C1CCCC(C)C1)C1C2CC3CC(C2)CC1C3. The molecule has 0 radical (unpaired) electrons. The first-order valence-corrected chi connectivity index (χ1v) is 9.98. The summed E-state index contributed by atoms with van der Waals surface area (Å²) in [6.07, 6.45) is 13.9. The Morgan fingerprint density at radius 3 is 2.14 bits per heavy atom. The molecule has 0 spiro atoms. The van der Waals surface area contributed by atoms with Crippen molar-refractivity contribution in [3.8, 4) is 0 Å². The summed E-state index contributed by atoms with van der Waals surface area (Å²) in [6, 6.07) is 0.854. The number of rotatable bonds is 4. The molecule has 120 valence electrons. The van der Waals surface area contributed by atoms with Gasteiger partial charge in [0.05, 0.1) is 0 Å². The quantitative estimate of drug-likeness (QED) is 0.779. The zero-order valence-corrected chi connectivity index (χ0v) is 14.2. The molecule has 0 aromatic heterocycles. The lowest BCUT2D eigenvalue weighted by Gasteiger charge is -2.58. The third kappa shape index (κ3) is 2.69. The predicted molar refractivity (Wildman–Crippen MR) is 89.1 cm³/mol. The zero-order chi connectivity index (χ0) is 14.4. The summed E-state index contributed by atoms with van der Waals surface area (Å²) in [5.41, 5.74) is 0. The first-order valence-electron chi connectivity index (χ1n) is 9.98. The highest BCUT2D eigenvalue weighted by atomic mass is 14.9.